The summed E-state index contributed by atoms with van der Waals surface area (Å²) in [5.74, 6) is 0.692. The number of nitrogens with zero attached hydrogens (tertiary/aromatic N) is 2. The van der Waals surface area contributed by atoms with Gasteiger partial charge in [-0.3, -0.25) is 4.99 Å². The number of sulfonamides is 1. The van der Waals surface area contributed by atoms with Crippen molar-refractivity contribution < 1.29 is 12.9 Å². The fraction of sp³-hybridized carbons (Fsp3) is 0.667. The molecular weight excluding hydrogens is 294 g/mol. The second-order valence-corrected chi connectivity index (χ2v) is 6.83. The number of nitrogens with two attached hydrogens (primary N) is 1. The van der Waals surface area contributed by atoms with Crippen LogP contribution >= 0.6 is 0 Å². The van der Waals surface area contributed by atoms with Crippen molar-refractivity contribution in [1.82, 2.24) is 15.2 Å². The van der Waals surface area contributed by atoms with Crippen LogP contribution in [0.3, 0.4) is 0 Å². The van der Waals surface area contributed by atoms with E-state index in [0.29, 0.717) is 30.7 Å². The van der Waals surface area contributed by atoms with Gasteiger partial charge in [0.05, 0.1) is 5.69 Å². The van der Waals surface area contributed by atoms with Crippen LogP contribution in [0.15, 0.2) is 21.8 Å². The van der Waals surface area contributed by atoms with E-state index in [4.69, 9.17) is 5.73 Å². The molecule has 0 aliphatic carbocycles. The number of hydrogen-bond acceptors (Lipinski definition) is 5. The number of rotatable bonds is 9. The first-order valence-corrected chi connectivity index (χ1v) is 8.44. The van der Waals surface area contributed by atoms with Gasteiger partial charge in [0, 0.05) is 25.7 Å². The highest BCUT2D eigenvalue weighted by molar-refractivity contribution is 7.88. The molecule has 1 aromatic heterocycles. The van der Waals surface area contributed by atoms with Crippen LogP contribution in [0.4, 0.5) is 0 Å². The van der Waals surface area contributed by atoms with Crippen molar-refractivity contribution in [3.05, 3.63) is 18.0 Å². The molecule has 0 atom stereocenters. The van der Waals surface area contributed by atoms with Crippen LogP contribution in [0.1, 0.15) is 26.0 Å². The molecule has 120 valence electrons. The topological polar surface area (TPSA) is 123 Å². The molecule has 0 aliphatic heterocycles. The summed E-state index contributed by atoms with van der Waals surface area (Å²) in [5, 5.41) is 6.41. The largest absolute Gasteiger partial charge is 0.370 e. The summed E-state index contributed by atoms with van der Waals surface area (Å²) in [4.78, 5) is 4.14. The summed E-state index contributed by atoms with van der Waals surface area (Å²) >= 11 is 0. The molecule has 0 aromatic carbocycles. The highest BCUT2D eigenvalue weighted by Crippen LogP contribution is 2.00. The average Bonchev–Trinajstić information content (AvgIpc) is 2.86. The van der Waals surface area contributed by atoms with Gasteiger partial charge in [0.1, 0.15) is 12.0 Å². The van der Waals surface area contributed by atoms with E-state index >= 15 is 0 Å². The lowest BCUT2D eigenvalue weighted by atomic mass is 10.1. The average molecular weight is 317 g/mol. The molecule has 0 fully saturated rings. The Kier molecular flexibility index (Phi) is 7.17. The summed E-state index contributed by atoms with van der Waals surface area (Å²) in [7, 11) is -3.42. The molecule has 1 heterocycles. The maximum Gasteiger partial charge on any atom is 0.217 e. The zero-order valence-electron chi connectivity index (χ0n) is 12.4. The Morgan fingerprint density at radius 3 is 2.86 bits per heavy atom. The van der Waals surface area contributed by atoms with Gasteiger partial charge in [0.25, 0.3) is 0 Å². The van der Waals surface area contributed by atoms with E-state index in [-0.39, 0.29) is 12.3 Å². The molecule has 21 heavy (non-hydrogen) atoms. The second kappa shape index (κ2) is 8.63. The summed E-state index contributed by atoms with van der Waals surface area (Å²) in [6.07, 6.45) is 2.30. The molecule has 4 N–H and O–H groups in total. The van der Waals surface area contributed by atoms with Crippen LogP contribution in [0.25, 0.3) is 0 Å². The van der Waals surface area contributed by atoms with E-state index in [9.17, 15) is 8.42 Å². The lowest BCUT2D eigenvalue weighted by Gasteiger charge is -2.08. The van der Waals surface area contributed by atoms with Gasteiger partial charge in [-0.25, -0.2) is 13.1 Å². The Morgan fingerprint density at radius 1 is 1.48 bits per heavy atom. The second-order valence-electron chi connectivity index (χ2n) is 5.02. The van der Waals surface area contributed by atoms with Gasteiger partial charge in [0.15, 0.2) is 5.96 Å². The minimum atomic E-state index is -3.42. The Bertz CT molecular complexity index is 525. The molecule has 0 saturated heterocycles. The van der Waals surface area contributed by atoms with Crippen LogP contribution in [-0.2, 0) is 15.8 Å². The summed E-state index contributed by atoms with van der Waals surface area (Å²) < 4.78 is 30.4. The Balaban J connectivity index is 2.21. The lowest BCUT2D eigenvalue weighted by molar-refractivity contribution is 0.413. The van der Waals surface area contributed by atoms with Gasteiger partial charge in [0.2, 0.25) is 10.0 Å². The summed E-state index contributed by atoms with van der Waals surface area (Å²) in [5.41, 5.74) is 6.02. The van der Waals surface area contributed by atoms with Crippen molar-refractivity contribution in [2.45, 2.75) is 26.0 Å². The fourth-order valence-electron chi connectivity index (χ4n) is 1.45. The van der Waals surface area contributed by atoms with Crippen LogP contribution < -0.4 is 15.8 Å². The first kappa shape index (κ1) is 17.4. The van der Waals surface area contributed by atoms with Crippen molar-refractivity contribution in [2.75, 3.05) is 19.6 Å². The number of aliphatic imine (C=N–C) groups is 1. The minimum absolute atomic E-state index is 0.207. The fourth-order valence-corrected chi connectivity index (χ4v) is 2.51. The predicted octanol–water partition coefficient (Wildman–Crippen LogP) is 0.0444. The van der Waals surface area contributed by atoms with E-state index in [2.05, 4.69) is 38.6 Å². The molecular formula is C12H23N5O3S. The standard InChI is InChI=1S/C12H23N5O3S/c1-10(2)3-5-14-12(13)15-6-7-16-21(18,19)9-11-4-8-20-17-11/h4,8,10,16H,3,5-7,9H2,1-2H3,(H3,13,14,15). The van der Waals surface area contributed by atoms with E-state index in [1.807, 2.05) is 0 Å². The van der Waals surface area contributed by atoms with E-state index in [0.717, 1.165) is 6.42 Å². The number of hydrogen-bond donors (Lipinski definition) is 3. The third-order valence-corrected chi connectivity index (χ3v) is 3.89. The minimum Gasteiger partial charge on any atom is -0.370 e. The molecule has 0 aliphatic rings. The van der Waals surface area contributed by atoms with Crippen molar-refractivity contribution in [1.29, 1.82) is 0 Å². The molecule has 0 amide bonds. The van der Waals surface area contributed by atoms with Gasteiger partial charge in [-0.15, -0.1) is 0 Å². The normalized spacial score (nSPS) is 12.8. The molecule has 0 bridgehead atoms. The zero-order chi connectivity index (χ0) is 15.7. The zero-order valence-corrected chi connectivity index (χ0v) is 13.2. The Labute approximate surface area is 125 Å². The Hall–Kier alpha value is -1.61. The SMILES string of the molecule is CC(C)CCN=C(N)NCCNS(=O)(=O)Cc1ccon1. The van der Waals surface area contributed by atoms with Crippen LogP contribution in [0, 0.1) is 5.92 Å². The summed E-state index contributed by atoms with van der Waals surface area (Å²) in [6.45, 7) is 5.48. The molecule has 1 aromatic rings. The number of aromatic nitrogens is 1. The third-order valence-electron chi connectivity index (χ3n) is 2.57. The van der Waals surface area contributed by atoms with Gasteiger partial charge < -0.3 is 15.6 Å². The number of nitrogens with one attached hydrogen (secondary N) is 2. The molecule has 0 radical (unpaired) electrons. The molecule has 0 unspecified atom stereocenters. The molecule has 0 spiro atoms. The lowest BCUT2D eigenvalue weighted by Crippen LogP contribution is -2.38. The highest BCUT2D eigenvalue weighted by Gasteiger charge is 2.12. The van der Waals surface area contributed by atoms with Crippen molar-refractivity contribution >= 4 is 16.0 Å². The van der Waals surface area contributed by atoms with Crippen LogP contribution in [0.5, 0.6) is 0 Å². The quantitative estimate of drug-likeness (QED) is 0.336. The van der Waals surface area contributed by atoms with E-state index in [1.54, 1.807) is 0 Å². The van der Waals surface area contributed by atoms with E-state index < -0.39 is 10.0 Å². The van der Waals surface area contributed by atoms with Crippen molar-refractivity contribution in [3.63, 3.8) is 0 Å². The predicted molar refractivity (Wildman–Crippen MR) is 81.1 cm³/mol. The van der Waals surface area contributed by atoms with Crippen LogP contribution in [0.2, 0.25) is 0 Å². The van der Waals surface area contributed by atoms with Gasteiger partial charge in [-0.1, -0.05) is 19.0 Å². The van der Waals surface area contributed by atoms with Crippen LogP contribution in [-0.4, -0.2) is 39.2 Å². The molecule has 1 rings (SSSR count). The number of guanidine groups is 1. The van der Waals surface area contributed by atoms with Gasteiger partial charge in [-0.2, -0.15) is 0 Å². The van der Waals surface area contributed by atoms with E-state index in [1.165, 1.54) is 12.3 Å². The maximum absolute atomic E-state index is 11.7. The first-order valence-electron chi connectivity index (χ1n) is 6.79. The summed E-state index contributed by atoms with van der Waals surface area (Å²) in [6, 6.07) is 1.51. The first-order chi connectivity index (χ1) is 9.89. The molecule has 0 saturated carbocycles. The highest BCUT2D eigenvalue weighted by atomic mass is 32.2. The maximum atomic E-state index is 11.7. The van der Waals surface area contributed by atoms with Crippen molar-refractivity contribution in [2.24, 2.45) is 16.6 Å². The molecule has 9 heteroatoms. The smallest absolute Gasteiger partial charge is 0.217 e. The molecule has 8 nitrogen and oxygen atoms in total. The van der Waals surface area contributed by atoms with Crippen molar-refractivity contribution in [3.8, 4) is 0 Å². The van der Waals surface area contributed by atoms with Gasteiger partial charge >= 0.3 is 0 Å². The Morgan fingerprint density at radius 2 is 2.24 bits per heavy atom. The monoisotopic (exact) mass is 317 g/mol. The third kappa shape index (κ3) is 8.30. The van der Waals surface area contributed by atoms with Gasteiger partial charge in [-0.05, 0) is 12.3 Å².